The van der Waals surface area contributed by atoms with Gasteiger partial charge in [0, 0.05) is 6.04 Å². The van der Waals surface area contributed by atoms with Crippen LogP contribution in [0, 0.1) is 0 Å². The number of hydrogen-bond acceptors (Lipinski definition) is 3. The van der Waals surface area contributed by atoms with Crippen LogP contribution in [-0.4, -0.2) is 23.2 Å². The second kappa shape index (κ2) is 4.77. The molecule has 3 nitrogen and oxygen atoms in total. The minimum Gasteiger partial charge on any atom is -0.480 e. The fraction of sp³-hybridized carbons (Fsp3) is 0.545. The van der Waals surface area contributed by atoms with Crippen LogP contribution in [0.1, 0.15) is 24.8 Å². The van der Waals surface area contributed by atoms with Gasteiger partial charge >= 0.3 is 5.97 Å². The lowest BCUT2D eigenvalue weighted by Gasteiger charge is -2.28. The second-order valence-corrected chi connectivity index (χ2v) is 4.80. The SMILES string of the molecule is O=C(O)C1CCCC(Cc2ccsc2)N1. The quantitative estimate of drug-likeness (QED) is 0.826. The van der Waals surface area contributed by atoms with E-state index in [9.17, 15) is 4.79 Å². The smallest absolute Gasteiger partial charge is 0.320 e. The Labute approximate surface area is 93.1 Å². The van der Waals surface area contributed by atoms with Gasteiger partial charge < -0.3 is 10.4 Å². The van der Waals surface area contributed by atoms with Crippen LogP contribution in [0.2, 0.25) is 0 Å². The van der Waals surface area contributed by atoms with Crippen LogP contribution >= 0.6 is 11.3 Å². The van der Waals surface area contributed by atoms with Crippen LogP contribution in [0.3, 0.4) is 0 Å². The molecule has 2 N–H and O–H groups in total. The van der Waals surface area contributed by atoms with Gasteiger partial charge in [0.15, 0.2) is 0 Å². The first-order valence-electron chi connectivity index (χ1n) is 5.25. The van der Waals surface area contributed by atoms with Crippen LogP contribution < -0.4 is 5.32 Å². The lowest BCUT2D eigenvalue weighted by Crippen LogP contribution is -2.47. The highest BCUT2D eigenvalue weighted by molar-refractivity contribution is 7.07. The molecule has 0 amide bonds. The molecule has 2 rings (SSSR count). The summed E-state index contributed by atoms with van der Waals surface area (Å²) in [7, 11) is 0. The van der Waals surface area contributed by atoms with Crippen LogP contribution in [0.5, 0.6) is 0 Å². The summed E-state index contributed by atoms with van der Waals surface area (Å²) in [6, 6.07) is 2.09. The zero-order valence-electron chi connectivity index (χ0n) is 8.48. The van der Waals surface area contributed by atoms with E-state index in [1.165, 1.54) is 5.56 Å². The monoisotopic (exact) mass is 225 g/mol. The molecule has 0 radical (unpaired) electrons. The van der Waals surface area contributed by atoms with Gasteiger partial charge in [-0.3, -0.25) is 4.79 Å². The number of hydrogen-bond donors (Lipinski definition) is 2. The molecule has 4 heteroatoms. The number of carboxylic acids is 1. The van der Waals surface area contributed by atoms with Gasteiger partial charge in [0.25, 0.3) is 0 Å². The molecule has 1 aromatic rings. The Morgan fingerprint density at radius 2 is 2.47 bits per heavy atom. The van der Waals surface area contributed by atoms with E-state index in [-0.39, 0.29) is 6.04 Å². The van der Waals surface area contributed by atoms with E-state index in [0.717, 1.165) is 25.7 Å². The van der Waals surface area contributed by atoms with Gasteiger partial charge in [-0.15, -0.1) is 0 Å². The zero-order chi connectivity index (χ0) is 10.7. The Hall–Kier alpha value is -0.870. The van der Waals surface area contributed by atoms with Gasteiger partial charge in [-0.25, -0.2) is 0 Å². The van der Waals surface area contributed by atoms with Crippen molar-refractivity contribution in [2.75, 3.05) is 0 Å². The van der Waals surface area contributed by atoms with Crippen molar-refractivity contribution in [3.05, 3.63) is 22.4 Å². The molecule has 0 spiro atoms. The molecule has 0 aromatic carbocycles. The summed E-state index contributed by atoms with van der Waals surface area (Å²) in [5.74, 6) is -0.718. The molecule has 1 aromatic heterocycles. The van der Waals surface area contributed by atoms with Crippen LogP contribution in [-0.2, 0) is 11.2 Å². The molecule has 1 aliphatic heterocycles. The highest BCUT2D eigenvalue weighted by Gasteiger charge is 2.25. The van der Waals surface area contributed by atoms with Crippen molar-refractivity contribution in [2.45, 2.75) is 37.8 Å². The van der Waals surface area contributed by atoms with Gasteiger partial charge in [-0.05, 0) is 48.1 Å². The molecule has 15 heavy (non-hydrogen) atoms. The van der Waals surface area contributed by atoms with E-state index < -0.39 is 5.97 Å². The maximum atomic E-state index is 10.8. The van der Waals surface area contributed by atoms with E-state index in [2.05, 4.69) is 22.1 Å². The van der Waals surface area contributed by atoms with E-state index in [0.29, 0.717) is 6.04 Å². The van der Waals surface area contributed by atoms with E-state index >= 15 is 0 Å². The zero-order valence-corrected chi connectivity index (χ0v) is 9.30. The van der Waals surface area contributed by atoms with Crippen molar-refractivity contribution in [1.29, 1.82) is 0 Å². The average Bonchev–Trinajstić information content (AvgIpc) is 2.71. The maximum Gasteiger partial charge on any atom is 0.320 e. The highest BCUT2D eigenvalue weighted by Crippen LogP contribution is 2.17. The molecule has 2 heterocycles. The van der Waals surface area contributed by atoms with Crippen molar-refractivity contribution in [1.82, 2.24) is 5.32 Å². The predicted molar refractivity (Wildman–Crippen MR) is 60.2 cm³/mol. The molecule has 1 saturated heterocycles. The molecular formula is C11H15NO2S. The number of rotatable bonds is 3. The Balaban J connectivity index is 1.90. The first kappa shape index (κ1) is 10.6. The third-order valence-corrected chi connectivity index (χ3v) is 3.57. The molecule has 1 fully saturated rings. The summed E-state index contributed by atoms with van der Waals surface area (Å²) in [6.45, 7) is 0. The highest BCUT2D eigenvalue weighted by atomic mass is 32.1. The minimum absolute atomic E-state index is 0.328. The summed E-state index contributed by atoms with van der Waals surface area (Å²) < 4.78 is 0. The number of piperidine rings is 1. The molecule has 0 bridgehead atoms. The van der Waals surface area contributed by atoms with Crippen molar-refractivity contribution < 1.29 is 9.90 Å². The Morgan fingerprint density at radius 3 is 3.13 bits per heavy atom. The first-order valence-corrected chi connectivity index (χ1v) is 6.20. The van der Waals surface area contributed by atoms with Gasteiger partial charge in [-0.2, -0.15) is 11.3 Å². The number of thiophene rings is 1. The average molecular weight is 225 g/mol. The minimum atomic E-state index is -0.718. The van der Waals surface area contributed by atoms with Gasteiger partial charge in [0.1, 0.15) is 6.04 Å². The lowest BCUT2D eigenvalue weighted by molar-refractivity contribution is -0.140. The van der Waals surface area contributed by atoms with Gasteiger partial charge in [-0.1, -0.05) is 0 Å². The van der Waals surface area contributed by atoms with Gasteiger partial charge in [0.05, 0.1) is 0 Å². The summed E-state index contributed by atoms with van der Waals surface area (Å²) in [6.07, 6.45) is 3.81. The predicted octanol–water partition coefficient (Wildman–Crippen LogP) is 1.89. The van der Waals surface area contributed by atoms with Crippen LogP contribution in [0.4, 0.5) is 0 Å². The normalized spacial score (nSPS) is 26.4. The topological polar surface area (TPSA) is 49.3 Å². The third-order valence-electron chi connectivity index (χ3n) is 2.84. The summed E-state index contributed by atoms with van der Waals surface area (Å²) in [4.78, 5) is 10.8. The van der Waals surface area contributed by atoms with Crippen LogP contribution in [0.25, 0.3) is 0 Å². The molecule has 0 aliphatic carbocycles. The molecule has 2 atom stereocenters. The summed E-state index contributed by atoms with van der Waals surface area (Å²) in [5, 5.41) is 16.3. The summed E-state index contributed by atoms with van der Waals surface area (Å²) in [5.41, 5.74) is 1.31. The van der Waals surface area contributed by atoms with Crippen LogP contribution in [0.15, 0.2) is 16.8 Å². The largest absolute Gasteiger partial charge is 0.480 e. The van der Waals surface area contributed by atoms with Crippen molar-refractivity contribution in [3.63, 3.8) is 0 Å². The maximum absolute atomic E-state index is 10.8. The second-order valence-electron chi connectivity index (χ2n) is 4.02. The molecular weight excluding hydrogens is 210 g/mol. The number of carbonyl (C=O) groups is 1. The van der Waals surface area contributed by atoms with Gasteiger partial charge in [0.2, 0.25) is 0 Å². The fourth-order valence-electron chi connectivity index (χ4n) is 2.07. The first-order chi connectivity index (χ1) is 7.25. The number of carboxylic acid groups (broad SMARTS) is 1. The molecule has 1 aliphatic rings. The standard InChI is InChI=1S/C11H15NO2S/c13-11(14)10-3-1-2-9(12-10)6-8-4-5-15-7-8/h4-5,7,9-10,12H,1-3,6H2,(H,13,14). The Morgan fingerprint density at radius 1 is 1.60 bits per heavy atom. The van der Waals surface area contributed by atoms with Crippen molar-refractivity contribution in [2.24, 2.45) is 0 Å². The Bertz CT molecular complexity index is 323. The lowest BCUT2D eigenvalue weighted by atomic mass is 9.95. The fourth-order valence-corrected chi connectivity index (χ4v) is 2.75. The van der Waals surface area contributed by atoms with E-state index in [1.807, 2.05) is 0 Å². The molecule has 82 valence electrons. The summed E-state index contributed by atoms with van der Waals surface area (Å²) >= 11 is 1.69. The third kappa shape index (κ3) is 2.79. The van der Waals surface area contributed by atoms with Crippen molar-refractivity contribution >= 4 is 17.3 Å². The molecule has 2 unspecified atom stereocenters. The number of nitrogens with one attached hydrogen (secondary N) is 1. The molecule has 0 saturated carbocycles. The number of aliphatic carboxylic acids is 1. The Kier molecular flexibility index (Phi) is 3.38. The van der Waals surface area contributed by atoms with Crippen molar-refractivity contribution in [3.8, 4) is 0 Å². The van der Waals surface area contributed by atoms with E-state index in [4.69, 9.17) is 5.11 Å². The van der Waals surface area contributed by atoms with E-state index in [1.54, 1.807) is 11.3 Å².